The van der Waals surface area contributed by atoms with Crippen molar-refractivity contribution in [3.8, 4) is 101 Å². The normalized spacial score (nSPS) is 10.8. The molecule has 0 aliphatic rings. The lowest BCUT2D eigenvalue weighted by Gasteiger charge is -2.25. The van der Waals surface area contributed by atoms with E-state index in [-0.39, 0.29) is 0 Å². The Kier molecular flexibility index (Phi) is 16.0. The van der Waals surface area contributed by atoms with Crippen LogP contribution in [0.3, 0.4) is 0 Å². The van der Waals surface area contributed by atoms with Crippen LogP contribution in [0.1, 0.15) is 0 Å². The van der Waals surface area contributed by atoms with E-state index < -0.39 is 0 Å². The summed E-state index contributed by atoms with van der Waals surface area (Å²) in [6.07, 6.45) is 0. The van der Waals surface area contributed by atoms with Crippen LogP contribution in [-0.4, -0.2) is 42.7 Å². The second-order valence-electron chi connectivity index (χ2n) is 19.3. The highest BCUT2D eigenvalue weighted by atomic mass is 16.5. The van der Waals surface area contributed by atoms with Gasteiger partial charge < -0.3 is 49.7 Å². The van der Waals surface area contributed by atoms with Gasteiger partial charge in [0.05, 0.1) is 53.8 Å². The quantitative estimate of drug-likeness (QED) is 0.0590. The van der Waals surface area contributed by atoms with E-state index in [1.165, 1.54) is 0 Å². The summed E-state index contributed by atoms with van der Waals surface area (Å²) in [6.45, 7) is 0. The molecule has 0 bridgehead atoms. The van der Waals surface area contributed by atoms with Crippen LogP contribution in [0.2, 0.25) is 0 Å². The molecule has 0 spiro atoms. The van der Waals surface area contributed by atoms with Crippen LogP contribution in [0.5, 0.6) is 34.5 Å². The lowest BCUT2D eigenvalue weighted by atomic mass is 9.86. The molecule has 0 aromatic heterocycles. The monoisotopic (exact) mass is 1080 g/mol. The minimum atomic E-state index is 0.631. The number of methoxy groups -OCH3 is 6. The lowest BCUT2D eigenvalue weighted by molar-refractivity contribution is 0.397. The summed E-state index contributed by atoms with van der Waals surface area (Å²) < 4.78 is 38.2. The lowest BCUT2D eigenvalue weighted by Crippen LogP contribution is -2.03. The summed E-state index contributed by atoms with van der Waals surface area (Å²) >= 11 is 0. The first-order chi connectivity index (χ1) is 40.4. The molecule has 406 valence electrons. The van der Waals surface area contributed by atoms with Crippen LogP contribution in [0.25, 0.3) is 66.8 Å². The van der Waals surface area contributed by atoms with Crippen molar-refractivity contribution in [2.45, 2.75) is 0 Å². The van der Waals surface area contributed by atoms with Gasteiger partial charge >= 0.3 is 0 Å². The zero-order valence-electron chi connectivity index (χ0n) is 46.5. The van der Waals surface area contributed by atoms with Crippen molar-refractivity contribution in [1.82, 2.24) is 0 Å². The van der Waals surface area contributed by atoms with Crippen LogP contribution >= 0.6 is 0 Å². The van der Waals surface area contributed by atoms with Gasteiger partial charge in [-0.3, -0.25) is 0 Å². The molecule has 82 heavy (non-hydrogen) atoms. The third-order valence-electron chi connectivity index (χ3n) is 14.4. The first-order valence-corrected chi connectivity index (χ1v) is 26.9. The van der Waals surface area contributed by atoms with Gasteiger partial charge in [0.1, 0.15) is 34.5 Å². The van der Waals surface area contributed by atoms with Gasteiger partial charge in [0.15, 0.2) is 0 Å². The molecule has 4 N–H and O–H groups in total. The largest absolute Gasteiger partial charge is 0.496 e. The van der Waals surface area contributed by atoms with Gasteiger partial charge in [-0.15, -0.1) is 0 Å². The van der Waals surface area contributed by atoms with E-state index in [2.05, 4.69) is 130 Å². The zero-order valence-corrected chi connectivity index (χ0v) is 46.5. The minimum absolute atomic E-state index is 0.631. The van der Waals surface area contributed by atoms with Crippen molar-refractivity contribution in [1.29, 1.82) is 0 Å². The smallest absolute Gasteiger partial charge is 0.134 e. The van der Waals surface area contributed by atoms with Gasteiger partial charge in [-0.2, -0.15) is 0 Å². The third kappa shape index (κ3) is 11.1. The number of hydrogen-bond acceptors (Lipinski definition) is 10. The van der Waals surface area contributed by atoms with Crippen LogP contribution in [0.4, 0.5) is 45.5 Å². The van der Waals surface area contributed by atoms with E-state index >= 15 is 0 Å². The highest BCUT2D eigenvalue weighted by molar-refractivity contribution is 6.03. The summed E-state index contributed by atoms with van der Waals surface area (Å²) in [5.74, 6) is 3.84. The Labute approximate surface area is 479 Å². The molecule has 0 radical (unpaired) electrons. The summed E-state index contributed by atoms with van der Waals surface area (Å²) in [7, 11) is 10.2. The maximum absolute atomic E-state index is 6.79. The number of rotatable bonds is 20. The van der Waals surface area contributed by atoms with E-state index in [9.17, 15) is 0 Å². The Morgan fingerprint density at radius 2 is 0.500 bits per heavy atom. The van der Waals surface area contributed by atoms with Crippen molar-refractivity contribution >= 4 is 45.5 Å². The Morgan fingerprint density at radius 3 is 0.805 bits per heavy atom. The van der Waals surface area contributed by atoms with E-state index in [1.54, 1.807) is 42.7 Å². The molecule has 0 unspecified atom stereocenters. The second kappa shape index (κ2) is 24.6. The number of nitrogens with one attached hydrogen (secondary N) is 4. The summed E-state index contributed by atoms with van der Waals surface area (Å²) in [5.41, 5.74) is 16.9. The molecule has 0 atom stereocenters. The zero-order chi connectivity index (χ0) is 56.4. The van der Waals surface area contributed by atoms with Crippen molar-refractivity contribution in [2.24, 2.45) is 0 Å². The molecule has 0 amide bonds. The molecule has 0 saturated heterocycles. The number of hydrogen-bond donors (Lipinski definition) is 4. The van der Waals surface area contributed by atoms with E-state index in [1.807, 2.05) is 133 Å². The number of para-hydroxylation sites is 6. The molecule has 0 aliphatic heterocycles. The van der Waals surface area contributed by atoms with Crippen molar-refractivity contribution < 1.29 is 28.4 Å². The second-order valence-corrected chi connectivity index (χ2v) is 19.3. The fraction of sp³-hybridized carbons (Fsp3) is 0.0833. The van der Waals surface area contributed by atoms with Gasteiger partial charge in [-0.25, -0.2) is 0 Å². The van der Waals surface area contributed by atoms with Crippen molar-refractivity contribution in [2.75, 3.05) is 63.9 Å². The summed E-state index contributed by atoms with van der Waals surface area (Å²) in [4.78, 5) is 0. The third-order valence-corrected chi connectivity index (χ3v) is 14.4. The summed E-state index contributed by atoms with van der Waals surface area (Å²) in [5, 5.41) is 15.2. The highest BCUT2D eigenvalue weighted by Gasteiger charge is 2.28. The SMILES string of the molecule is COc1cccc(OC)c1-c1cc(-c2ccccc2Nc2ccccc2)c(OC)c(-c2cc(-c3cc(-c4c(OC)cccc4OC)cc(-c4ccccc4Nc4ccccc4)c3OC)c(Nc3ccccc3)cc2Nc2ccccc2)c1. The standard InChI is InChI=1S/C72H62N4O6/c1-77-65-37-23-38-66(78-2)69(65)47-41-57(53-33-19-21-35-61(53)73-49-25-11-7-12-26-49)71(81-5)59(43-47)55-45-56(64(76-52-31-17-10-18-32-52)46-63(55)75-51-29-15-9-16-30-51)60-44-48(70-67(79-3)39-24-40-68(70)80-4)42-58(72(60)82-6)54-34-20-22-36-62(54)74-50-27-13-8-14-28-50/h7-46,73-76H,1-6H3. The molecule has 11 aromatic rings. The van der Waals surface area contributed by atoms with Gasteiger partial charge in [-0.1, -0.05) is 121 Å². The van der Waals surface area contributed by atoms with Gasteiger partial charge in [0.2, 0.25) is 0 Å². The van der Waals surface area contributed by atoms with Crippen LogP contribution in [-0.2, 0) is 0 Å². The molecular formula is C72H62N4O6. The molecule has 11 rings (SSSR count). The Morgan fingerprint density at radius 1 is 0.220 bits per heavy atom. The van der Waals surface area contributed by atoms with E-state index in [0.29, 0.717) is 34.5 Å². The molecule has 0 fully saturated rings. The van der Waals surface area contributed by atoms with Crippen LogP contribution in [0.15, 0.2) is 243 Å². The van der Waals surface area contributed by atoms with Gasteiger partial charge in [-0.05, 0) is 132 Å². The Hall–Kier alpha value is -10.6. The molecule has 10 heteroatoms. The number of benzene rings is 11. The van der Waals surface area contributed by atoms with Gasteiger partial charge in [0.25, 0.3) is 0 Å². The van der Waals surface area contributed by atoms with Crippen molar-refractivity contribution in [3.63, 3.8) is 0 Å². The van der Waals surface area contributed by atoms with E-state index in [4.69, 9.17) is 28.4 Å². The molecular weight excluding hydrogens is 1020 g/mol. The first kappa shape index (κ1) is 53.4. The Balaban J connectivity index is 1.28. The average molecular weight is 1080 g/mol. The average Bonchev–Trinajstić information content (AvgIpc) is 3.47. The fourth-order valence-electron chi connectivity index (χ4n) is 10.7. The molecule has 0 saturated carbocycles. The van der Waals surface area contributed by atoms with Crippen LogP contribution in [0, 0.1) is 0 Å². The van der Waals surface area contributed by atoms with Gasteiger partial charge in [0, 0.05) is 90.0 Å². The number of anilines is 8. The fourth-order valence-corrected chi connectivity index (χ4v) is 10.7. The van der Waals surface area contributed by atoms with E-state index in [0.717, 1.165) is 112 Å². The number of ether oxygens (including phenoxy) is 6. The molecule has 10 nitrogen and oxygen atoms in total. The summed E-state index contributed by atoms with van der Waals surface area (Å²) in [6, 6.07) is 82.0. The topological polar surface area (TPSA) is 104 Å². The highest BCUT2D eigenvalue weighted by Crippen LogP contribution is 2.54. The molecule has 0 heterocycles. The Bertz CT molecular complexity index is 3710. The van der Waals surface area contributed by atoms with Crippen LogP contribution < -0.4 is 49.7 Å². The maximum atomic E-state index is 6.79. The molecule has 11 aromatic carbocycles. The molecule has 0 aliphatic carbocycles. The van der Waals surface area contributed by atoms with Crippen molar-refractivity contribution in [3.05, 3.63) is 243 Å². The maximum Gasteiger partial charge on any atom is 0.134 e. The predicted molar refractivity (Wildman–Crippen MR) is 337 cm³/mol. The predicted octanol–water partition coefficient (Wildman–Crippen LogP) is 18.7. The first-order valence-electron chi connectivity index (χ1n) is 26.9. The minimum Gasteiger partial charge on any atom is -0.496 e.